The minimum Gasteiger partial charge on any atom is -0.458 e. The summed E-state index contributed by atoms with van der Waals surface area (Å²) in [6.45, 7) is 0.709. The van der Waals surface area contributed by atoms with Gasteiger partial charge in [0, 0.05) is 30.5 Å². The van der Waals surface area contributed by atoms with E-state index in [-0.39, 0.29) is 11.9 Å². The molecule has 5 rings (SSSR count). The van der Waals surface area contributed by atoms with Crippen molar-refractivity contribution in [1.29, 1.82) is 0 Å². The Morgan fingerprint density at radius 1 is 1.32 bits per heavy atom. The van der Waals surface area contributed by atoms with E-state index in [0.29, 0.717) is 13.0 Å². The second-order valence-corrected chi connectivity index (χ2v) is 7.17. The number of nitrogens with one attached hydrogen (secondary N) is 1. The molecular formula is C20H21N3O2. The van der Waals surface area contributed by atoms with Crippen LogP contribution < -0.4 is 0 Å². The highest BCUT2D eigenvalue weighted by molar-refractivity contribution is 5.80. The zero-order valence-corrected chi connectivity index (χ0v) is 14.1. The third kappa shape index (κ3) is 2.64. The molecule has 1 N–H and O–H groups in total. The lowest BCUT2D eigenvalue weighted by Crippen LogP contribution is -2.40. The molecule has 3 aromatic rings. The molecule has 5 heteroatoms. The number of imidazole rings is 1. The average molecular weight is 335 g/mol. The number of carbonyl (C=O) groups excluding carboxylic acids is 1. The zero-order valence-electron chi connectivity index (χ0n) is 14.1. The van der Waals surface area contributed by atoms with Gasteiger partial charge in [-0.2, -0.15) is 0 Å². The number of furan rings is 1. The first-order valence-electron chi connectivity index (χ1n) is 9.09. The topological polar surface area (TPSA) is 62.1 Å². The van der Waals surface area contributed by atoms with Crippen molar-refractivity contribution in [3.05, 3.63) is 53.8 Å². The molecule has 1 fully saturated rings. The van der Waals surface area contributed by atoms with Gasteiger partial charge in [0.1, 0.15) is 17.4 Å². The molecule has 2 aromatic heterocycles. The van der Waals surface area contributed by atoms with Crippen molar-refractivity contribution in [2.45, 2.75) is 38.1 Å². The van der Waals surface area contributed by atoms with E-state index in [1.165, 1.54) is 12.8 Å². The Morgan fingerprint density at radius 2 is 2.20 bits per heavy atom. The highest BCUT2D eigenvalue weighted by Gasteiger charge is 2.36. The number of fused-ring (bicyclic) bond motifs is 2. The molecule has 0 bridgehead atoms. The molecule has 0 saturated heterocycles. The number of aromatic nitrogens is 2. The minimum absolute atomic E-state index is 0.214. The predicted octanol–water partition coefficient (Wildman–Crippen LogP) is 3.82. The minimum atomic E-state index is -0.228. The monoisotopic (exact) mass is 335 g/mol. The molecule has 1 aliphatic heterocycles. The van der Waals surface area contributed by atoms with Gasteiger partial charge >= 0.3 is 0 Å². The maximum absolute atomic E-state index is 12.9. The molecule has 0 radical (unpaired) electrons. The van der Waals surface area contributed by atoms with Crippen LogP contribution in [0.4, 0.5) is 0 Å². The van der Waals surface area contributed by atoms with Gasteiger partial charge in [-0.1, -0.05) is 31.0 Å². The van der Waals surface area contributed by atoms with Gasteiger partial charge in [-0.25, -0.2) is 4.98 Å². The number of amides is 1. The average Bonchev–Trinajstić information content (AvgIpc) is 3.17. The summed E-state index contributed by atoms with van der Waals surface area (Å²) in [7, 11) is 0. The molecule has 1 aliphatic carbocycles. The van der Waals surface area contributed by atoms with E-state index in [4.69, 9.17) is 4.42 Å². The zero-order chi connectivity index (χ0) is 16.8. The Labute approximate surface area is 146 Å². The fourth-order valence-corrected chi connectivity index (χ4v) is 3.85. The number of hydrogen-bond acceptors (Lipinski definition) is 3. The highest BCUT2D eigenvalue weighted by Crippen LogP contribution is 2.38. The van der Waals surface area contributed by atoms with Crippen LogP contribution in [0.3, 0.4) is 0 Å². The quantitative estimate of drug-likeness (QED) is 0.788. The Morgan fingerprint density at radius 3 is 3.04 bits per heavy atom. The van der Waals surface area contributed by atoms with Crippen LogP contribution in [0.2, 0.25) is 0 Å². The van der Waals surface area contributed by atoms with Crippen molar-refractivity contribution in [2.75, 3.05) is 6.54 Å². The number of benzene rings is 1. The second-order valence-electron chi connectivity index (χ2n) is 7.17. The van der Waals surface area contributed by atoms with E-state index < -0.39 is 0 Å². The first-order valence-corrected chi connectivity index (χ1v) is 9.09. The normalized spacial score (nSPS) is 20.0. The summed E-state index contributed by atoms with van der Waals surface area (Å²) in [5, 5.41) is 1.06. The van der Waals surface area contributed by atoms with Gasteiger partial charge in [0.15, 0.2) is 0 Å². The summed E-state index contributed by atoms with van der Waals surface area (Å²) in [4.78, 5) is 22.6. The van der Waals surface area contributed by atoms with Crippen LogP contribution in [-0.2, 0) is 11.2 Å². The summed E-state index contributed by atoms with van der Waals surface area (Å²) in [5.74, 6) is 1.78. The summed E-state index contributed by atoms with van der Waals surface area (Å²) in [6, 6.07) is 9.79. The molecule has 128 valence electrons. The van der Waals surface area contributed by atoms with Gasteiger partial charge in [-0.15, -0.1) is 0 Å². The largest absolute Gasteiger partial charge is 0.458 e. The Hall–Kier alpha value is -2.56. The first-order chi connectivity index (χ1) is 12.3. The van der Waals surface area contributed by atoms with Crippen molar-refractivity contribution >= 4 is 16.9 Å². The number of aromatic amines is 1. The van der Waals surface area contributed by atoms with E-state index in [1.54, 1.807) is 6.33 Å². The number of nitrogens with zero attached hydrogens (tertiary/aromatic N) is 2. The molecular weight excluding hydrogens is 314 g/mol. The van der Waals surface area contributed by atoms with Crippen LogP contribution in [0.1, 0.15) is 48.9 Å². The lowest BCUT2D eigenvalue weighted by atomic mass is 9.99. The number of hydrogen-bond donors (Lipinski definition) is 1. The second kappa shape index (κ2) is 5.76. The molecule has 3 heterocycles. The van der Waals surface area contributed by atoms with Crippen molar-refractivity contribution in [3.63, 3.8) is 0 Å². The standard InChI is InChI=1S/C20H21N3O2/c24-18(8-7-13-5-6-13)23-10-9-15-19(22-12-21-15)20(23)17-11-14-3-1-2-4-16(14)25-17/h1-4,11-13,20H,5-10H2,(H,21,22)/t20-/m1/s1. The number of para-hydroxylation sites is 1. The summed E-state index contributed by atoms with van der Waals surface area (Å²) >= 11 is 0. The van der Waals surface area contributed by atoms with E-state index in [0.717, 1.165) is 46.9 Å². The van der Waals surface area contributed by atoms with Crippen molar-refractivity contribution in [1.82, 2.24) is 14.9 Å². The Bertz CT molecular complexity index is 889. The molecule has 1 aromatic carbocycles. The van der Waals surface area contributed by atoms with E-state index in [9.17, 15) is 4.79 Å². The maximum atomic E-state index is 12.9. The molecule has 1 amide bonds. The number of carbonyl (C=O) groups is 1. The molecule has 1 saturated carbocycles. The summed E-state index contributed by atoms with van der Waals surface area (Å²) in [5.41, 5.74) is 2.88. The fraction of sp³-hybridized carbons (Fsp3) is 0.400. The SMILES string of the molecule is O=C(CCC1CC1)N1CCc2[nH]cnc2[C@H]1c1cc2ccccc2o1. The van der Waals surface area contributed by atoms with Crippen LogP contribution in [0, 0.1) is 5.92 Å². The fourth-order valence-electron chi connectivity index (χ4n) is 3.85. The van der Waals surface area contributed by atoms with Crippen LogP contribution in [0.15, 0.2) is 41.1 Å². The molecule has 0 unspecified atom stereocenters. The Balaban J connectivity index is 1.52. The van der Waals surface area contributed by atoms with Crippen LogP contribution >= 0.6 is 0 Å². The van der Waals surface area contributed by atoms with Gasteiger partial charge in [-0.05, 0) is 24.5 Å². The predicted molar refractivity (Wildman–Crippen MR) is 94.0 cm³/mol. The number of rotatable bonds is 4. The van der Waals surface area contributed by atoms with Gasteiger partial charge in [0.2, 0.25) is 5.91 Å². The lowest BCUT2D eigenvalue weighted by Gasteiger charge is -2.33. The van der Waals surface area contributed by atoms with Crippen LogP contribution in [0.5, 0.6) is 0 Å². The van der Waals surface area contributed by atoms with Crippen LogP contribution in [0.25, 0.3) is 11.0 Å². The van der Waals surface area contributed by atoms with E-state index in [1.807, 2.05) is 35.2 Å². The van der Waals surface area contributed by atoms with Gasteiger partial charge in [0.25, 0.3) is 0 Å². The van der Waals surface area contributed by atoms with Crippen LogP contribution in [-0.4, -0.2) is 27.3 Å². The number of H-pyrrole nitrogens is 1. The third-order valence-corrected chi connectivity index (χ3v) is 5.42. The van der Waals surface area contributed by atoms with Gasteiger partial charge in [0.05, 0.1) is 12.0 Å². The lowest BCUT2D eigenvalue weighted by molar-refractivity contribution is -0.133. The highest BCUT2D eigenvalue weighted by atomic mass is 16.3. The van der Waals surface area contributed by atoms with Gasteiger partial charge < -0.3 is 14.3 Å². The molecule has 25 heavy (non-hydrogen) atoms. The van der Waals surface area contributed by atoms with Crippen molar-refractivity contribution in [3.8, 4) is 0 Å². The molecule has 0 spiro atoms. The Kier molecular flexibility index (Phi) is 3.40. The third-order valence-electron chi connectivity index (χ3n) is 5.42. The first kappa shape index (κ1) is 14.8. The van der Waals surface area contributed by atoms with Crippen molar-refractivity contribution in [2.24, 2.45) is 5.92 Å². The summed E-state index contributed by atoms with van der Waals surface area (Å²) < 4.78 is 6.10. The maximum Gasteiger partial charge on any atom is 0.223 e. The molecule has 1 atom stereocenters. The smallest absolute Gasteiger partial charge is 0.223 e. The van der Waals surface area contributed by atoms with Crippen molar-refractivity contribution < 1.29 is 9.21 Å². The van der Waals surface area contributed by atoms with Gasteiger partial charge in [-0.3, -0.25) is 4.79 Å². The van der Waals surface area contributed by atoms with E-state index in [2.05, 4.69) is 9.97 Å². The molecule has 2 aliphatic rings. The molecule has 5 nitrogen and oxygen atoms in total. The summed E-state index contributed by atoms with van der Waals surface area (Å²) in [6.07, 6.45) is 6.74. The van der Waals surface area contributed by atoms with E-state index >= 15 is 0 Å².